The Balaban J connectivity index is 1.47. The monoisotopic (exact) mass is 446 g/mol. The molecule has 3 aliphatic heterocycles. The van der Waals surface area contributed by atoms with E-state index in [1.807, 2.05) is 6.92 Å². The van der Waals surface area contributed by atoms with E-state index < -0.39 is 10.0 Å². The summed E-state index contributed by atoms with van der Waals surface area (Å²) in [6, 6.07) is 8.95. The van der Waals surface area contributed by atoms with Crippen molar-refractivity contribution in [3.8, 4) is 5.75 Å². The lowest BCUT2D eigenvalue weighted by Crippen LogP contribution is -2.53. The van der Waals surface area contributed by atoms with Crippen molar-refractivity contribution in [1.29, 1.82) is 0 Å². The zero-order valence-electron chi connectivity index (χ0n) is 19.0. The summed E-state index contributed by atoms with van der Waals surface area (Å²) in [7, 11) is -3.32. The molecule has 4 heterocycles. The highest BCUT2D eigenvalue weighted by Gasteiger charge is 2.45. The van der Waals surface area contributed by atoms with Gasteiger partial charge in [-0.25, -0.2) is 8.42 Å². The third-order valence-electron chi connectivity index (χ3n) is 6.64. The van der Waals surface area contributed by atoms with Crippen molar-refractivity contribution in [2.24, 2.45) is 11.3 Å². The van der Waals surface area contributed by atoms with Gasteiger partial charge in [0, 0.05) is 44.1 Å². The van der Waals surface area contributed by atoms with E-state index in [9.17, 15) is 8.42 Å². The summed E-state index contributed by atoms with van der Waals surface area (Å²) in [4.78, 5) is 5.14. The van der Waals surface area contributed by atoms with Crippen LogP contribution in [0.15, 0.2) is 36.7 Å². The Morgan fingerprint density at radius 3 is 2.55 bits per heavy atom. The molecule has 2 atom stereocenters. The summed E-state index contributed by atoms with van der Waals surface area (Å²) in [5.74, 6) is 1.53. The van der Waals surface area contributed by atoms with Crippen molar-refractivity contribution in [3.05, 3.63) is 42.2 Å². The first-order chi connectivity index (χ1) is 14.7. The minimum Gasteiger partial charge on any atom is -0.494 e. The topological polar surface area (TPSA) is 67.7 Å². The fourth-order valence-corrected chi connectivity index (χ4v) is 5.78. The molecule has 31 heavy (non-hydrogen) atoms. The predicted octanol–water partition coefficient (Wildman–Crippen LogP) is 2.87. The maximum absolute atomic E-state index is 11.7. The number of anilines is 1. The Bertz CT molecular complexity index is 1000. The van der Waals surface area contributed by atoms with Crippen molar-refractivity contribution in [3.63, 3.8) is 0 Å². The summed E-state index contributed by atoms with van der Waals surface area (Å²) in [6.45, 7) is 11.5. The van der Waals surface area contributed by atoms with Crippen LogP contribution in [0.25, 0.3) is 0 Å². The maximum atomic E-state index is 11.7. The zero-order chi connectivity index (χ0) is 22.2. The van der Waals surface area contributed by atoms with Gasteiger partial charge in [-0.15, -0.1) is 0 Å². The summed E-state index contributed by atoms with van der Waals surface area (Å²) >= 11 is 0. The predicted molar refractivity (Wildman–Crippen MR) is 123 cm³/mol. The van der Waals surface area contributed by atoms with E-state index in [4.69, 9.17) is 4.74 Å². The van der Waals surface area contributed by atoms with Crippen LogP contribution in [-0.4, -0.2) is 67.6 Å². The van der Waals surface area contributed by atoms with Crippen LogP contribution >= 0.6 is 0 Å². The molecule has 0 N–H and O–H groups in total. The van der Waals surface area contributed by atoms with Crippen LogP contribution in [0.5, 0.6) is 5.75 Å². The van der Waals surface area contributed by atoms with E-state index in [2.05, 4.69) is 53.0 Å². The SMILES string of the molecule is CCOc1ccc(N2C[C@H]3CN(CCc4cnn(S(C)(=O)=O)c4)CC2C(C)(C)C3)cc1. The molecule has 3 aliphatic rings. The minimum atomic E-state index is -3.32. The van der Waals surface area contributed by atoms with Gasteiger partial charge in [-0.2, -0.15) is 9.19 Å². The van der Waals surface area contributed by atoms with E-state index >= 15 is 0 Å². The summed E-state index contributed by atoms with van der Waals surface area (Å²) in [5.41, 5.74) is 2.46. The fourth-order valence-electron chi connectivity index (χ4n) is 5.23. The Morgan fingerprint density at radius 1 is 1.16 bits per heavy atom. The van der Waals surface area contributed by atoms with Gasteiger partial charge in [-0.05, 0) is 60.9 Å². The Kier molecular flexibility index (Phi) is 6.05. The molecule has 1 unspecified atom stereocenters. The van der Waals surface area contributed by atoms with Crippen molar-refractivity contribution in [2.45, 2.75) is 39.7 Å². The molecule has 1 aromatic heterocycles. The normalized spacial score (nSPS) is 23.7. The van der Waals surface area contributed by atoms with E-state index in [0.717, 1.165) is 48.0 Å². The van der Waals surface area contributed by atoms with Crippen LogP contribution in [0.3, 0.4) is 0 Å². The molecule has 0 aliphatic carbocycles. The number of hydrogen-bond donors (Lipinski definition) is 0. The van der Waals surface area contributed by atoms with Gasteiger partial charge in [0.2, 0.25) is 0 Å². The molecular formula is C23H34N4O3S. The van der Waals surface area contributed by atoms with E-state index in [1.54, 1.807) is 12.4 Å². The first-order valence-corrected chi connectivity index (χ1v) is 13.0. The van der Waals surface area contributed by atoms with Crippen LogP contribution in [0.4, 0.5) is 5.69 Å². The summed E-state index contributed by atoms with van der Waals surface area (Å²) in [6.07, 6.45) is 6.52. The quantitative estimate of drug-likeness (QED) is 0.652. The highest BCUT2D eigenvalue weighted by Crippen LogP contribution is 2.43. The fraction of sp³-hybridized carbons (Fsp3) is 0.609. The second-order valence-electron chi connectivity index (χ2n) is 9.65. The van der Waals surface area contributed by atoms with Gasteiger partial charge < -0.3 is 14.5 Å². The molecule has 7 nitrogen and oxygen atoms in total. The molecule has 1 aromatic carbocycles. The van der Waals surface area contributed by atoms with Crippen molar-refractivity contribution < 1.29 is 13.2 Å². The van der Waals surface area contributed by atoms with Gasteiger partial charge in [0.05, 0.1) is 19.1 Å². The number of nitrogens with zero attached hydrogens (tertiary/aromatic N) is 4. The van der Waals surface area contributed by atoms with Crippen molar-refractivity contribution >= 4 is 15.7 Å². The van der Waals surface area contributed by atoms with Gasteiger partial charge in [-0.3, -0.25) is 0 Å². The number of ether oxygens (including phenoxy) is 1. The lowest BCUT2D eigenvalue weighted by Gasteiger charge is -2.48. The summed E-state index contributed by atoms with van der Waals surface area (Å²) < 4.78 is 30.0. The maximum Gasteiger partial charge on any atom is 0.250 e. The molecule has 0 saturated carbocycles. The van der Waals surface area contributed by atoms with Gasteiger partial charge >= 0.3 is 0 Å². The molecular weight excluding hydrogens is 412 g/mol. The van der Waals surface area contributed by atoms with Gasteiger partial charge in [0.25, 0.3) is 10.0 Å². The van der Waals surface area contributed by atoms with E-state index in [0.29, 0.717) is 18.6 Å². The average Bonchev–Trinajstić information content (AvgIpc) is 3.06. The number of hydrogen-bond acceptors (Lipinski definition) is 6. The van der Waals surface area contributed by atoms with Crippen LogP contribution in [0.2, 0.25) is 0 Å². The minimum absolute atomic E-state index is 0.234. The number of rotatable bonds is 7. The first kappa shape index (κ1) is 22.1. The first-order valence-electron chi connectivity index (χ1n) is 11.1. The van der Waals surface area contributed by atoms with Gasteiger partial charge in [0.15, 0.2) is 0 Å². The smallest absolute Gasteiger partial charge is 0.250 e. The van der Waals surface area contributed by atoms with Crippen molar-refractivity contribution in [2.75, 3.05) is 43.9 Å². The molecule has 2 bridgehead atoms. The molecule has 3 fully saturated rings. The van der Waals surface area contributed by atoms with E-state index in [1.165, 1.54) is 18.4 Å². The Hall–Kier alpha value is -2.06. The number of fused-ring (bicyclic) bond motifs is 4. The van der Waals surface area contributed by atoms with Crippen LogP contribution in [0.1, 0.15) is 32.8 Å². The molecule has 0 spiro atoms. The number of piperidine rings is 1. The lowest BCUT2D eigenvalue weighted by molar-refractivity contribution is 0.190. The highest BCUT2D eigenvalue weighted by atomic mass is 32.2. The molecule has 5 rings (SSSR count). The summed E-state index contributed by atoms with van der Waals surface area (Å²) in [5, 5.41) is 4.00. The third-order valence-corrected chi connectivity index (χ3v) is 7.52. The Labute approximate surface area is 186 Å². The number of benzene rings is 1. The molecule has 2 aromatic rings. The van der Waals surface area contributed by atoms with Crippen LogP contribution in [-0.2, 0) is 16.4 Å². The van der Waals surface area contributed by atoms with Gasteiger partial charge in [-0.1, -0.05) is 13.8 Å². The molecule has 170 valence electrons. The van der Waals surface area contributed by atoms with Crippen LogP contribution in [0, 0.1) is 11.3 Å². The molecule has 0 radical (unpaired) electrons. The largest absolute Gasteiger partial charge is 0.494 e. The standard InChI is InChI=1S/C23H34N4O3S/c1-5-30-21-8-6-20(7-9-21)26-15-19-12-23(2,3)22(26)17-25(14-19)11-10-18-13-24-27(16-18)31(4,28)29/h6-9,13,16,19,22H,5,10-12,14-15,17H2,1-4H3/t19-,22?/m1/s1. The third kappa shape index (κ3) is 4.90. The highest BCUT2D eigenvalue weighted by molar-refractivity contribution is 7.89. The molecule has 3 saturated heterocycles. The van der Waals surface area contributed by atoms with Crippen LogP contribution < -0.4 is 9.64 Å². The van der Waals surface area contributed by atoms with Gasteiger partial charge in [0.1, 0.15) is 5.75 Å². The Morgan fingerprint density at radius 2 is 1.90 bits per heavy atom. The second-order valence-corrected chi connectivity index (χ2v) is 11.5. The van der Waals surface area contributed by atoms with E-state index in [-0.39, 0.29) is 5.41 Å². The second kappa shape index (κ2) is 8.47. The molecule has 0 amide bonds. The molecule has 8 heteroatoms. The van der Waals surface area contributed by atoms with Crippen molar-refractivity contribution in [1.82, 2.24) is 14.1 Å². The lowest BCUT2D eigenvalue weighted by atomic mass is 9.73. The average molecular weight is 447 g/mol. The zero-order valence-corrected chi connectivity index (χ0v) is 19.8. The number of aromatic nitrogens is 2.